The van der Waals surface area contributed by atoms with Gasteiger partial charge in [-0.25, -0.2) is 0 Å². The number of nitrogens with two attached hydrogens (primary N) is 1. The van der Waals surface area contributed by atoms with Crippen LogP contribution in [0.2, 0.25) is 0 Å². The second kappa shape index (κ2) is 11.5. The van der Waals surface area contributed by atoms with Crippen LogP contribution in [0.4, 0.5) is 0 Å². The molecular formula is C13H26N2O6S2. The summed E-state index contributed by atoms with van der Waals surface area (Å²) in [5, 5.41) is 47.0. The first-order valence-corrected chi connectivity index (χ1v) is 9.61. The van der Waals surface area contributed by atoms with E-state index < -0.39 is 36.5 Å². The number of hydrogen-bond donors (Lipinski definition) is 6. The Morgan fingerprint density at radius 3 is 2.48 bits per heavy atom. The Morgan fingerprint density at radius 2 is 1.83 bits per heavy atom. The maximum absolute atomic E-state index is 9.89. The number of aliphatic hydroxyl groups is 5. The minimum Gasteiger partial charge on any atom is -0.396 e. The maximum Gasteiger partial charge on any atom is 0.132 e. The fraction of sp³-hybridized carbons (Fsp3) is 0.923. The number of nitrogens with zero attached hydrogens (tertiary/aromatic N) is 1. The molecule has 10 heteroatoms. The van der Waals surface area contributed by atoms with Crippen LogP contribution in [0.15, 0.2) is 4.99 Å². The lowest BCUT2D eigenvalue weighted by Crippen LogP contribution is -2.57. The summed E-state index contributed by atoms with van der Waals surface area (Å²) in [6.07, 6.45) is -4.14. The van der Waals surface area contributed by atoms with Gasteiger partial charge < -0.3 is 36.0 Å². The van der Waals surface area contributed by atoms with E-state index in [9.17, 15) is 15.3 Å². The molecule has 5 atom stereocenters. The van der Waals surface area contributed by atoms with Gasteiger partial charge in [-0.15, -0.1) is 11.8 Å². The van der Waals surface area contributed by atoms with Gasteiger partial charge in [-0.2, -0.15) is 11.8 Å². The molecule has 23 heavy (non-hydrogen) atoms. The number of amidine groups is 1. The first-order chi connectivity index (χ1) is 11.0. The number of rotatable bonds is 10. The van der Waals surface area contributed by atoms with Gasteiger partial charge in [0.2, 0.25) is 0 Å². The van der Waals surface area contributed by atoms with Crippen molar-refractivity contribution in [1.82, 2.24) is 0 Å². The van der Waals surface area contributed by atoms with Gasteiger partial charge in [0.15, 0.2) is 0 Å². The predicted molar refractivity (Wildman–Crippen MR) is 91.7 cm³/mol. The van der Waals surface area contributed by atoms with E-state index in [1.54, 1.807) is 11.8 Å². The Bertz CT molecular complexity index is 361. The molecule has 136 valence electrons. The third-order valence-corrected chi connectivity index (χ3v) is 5.47. The van der Waals surface area contributed by atoms with Crippen molar-refractivity contribution < 1.29 is 30.3 Å². The Kier molecular flexibility index (Phi) is 10.5. The summed E-state index contributed by atoms with van der Waals surface area (Å²) in [5.74, 6) is 2.40. The monoisotopic (exact) mass is 370 g/mol. The highest BCUT2D eigenvalue weighted by atomic mass is 32.2. The molecule has 0 bridgehead atoms. The largest absolute Gasteiger partial charge is 0.396 e. The van der Waals surface area contributed by atoms with Gasteiger partial charge in [0.05, 0.1) is 12.4 Å². The lowest BCUT2D eigenvalue weighted by Gasteiger charge is -2.39. The summed E-state index contributed by atoms with van der Waals surface area (Å²) in [7, 11) is 0. The SMILES string of the molecule is NC(CS[C@H]1O[C@H](CO)[C@@H](O)[C@H](O)[C@@H]1O)=NCCSCCCO. The highest BCUT2D eigenvalue weighted by Crippen LogP contribution is 2.28. The highest BCUT2D eigenvalue weighted by Gasteiger charge is 2.43. The standard InChI is InChI=1S/C13H26N2O6S2/c14-9(15-2-5-22-4-1-3-16)7-23-13-12(20)11(19)10(18)8(6-17)21-13/h8,10-13,16-20H,1-7H2,(H2,14,15)/t8-,10-,11+,12+,13-/m1/s1. The summed E-state index contributed by atoms with van der Waals surface area (Å²) >= 11 is 2.85. The van der Waals surface area contributed by atoms with Crippen LogP contribution >= 0.6 is 23.5 Å². The van der Waals surface area contributed by atoms with Gasteiger partial charge >= 0.3 is 0 Å². The number of ether oxygens (including phenoxy) is 1. The molecule has 1 heterocycles. The Morgan fingerprint density at radius 1 is 1.09 bits per heavy atom. The van der Waals surface area contributed by atoms with Crippen molar-refractivity contribution >= 4 is 29.4 Å². The van der Waals surface area contributed by atoms with E-state index in [1.165, 1.54) is 0 Å². The fourth-order valence-electron chi connectivity index (χ4n) is 1.94. The molecule has 0 spiro atoms. The molecule has 8 nitrogen and oxygen atoms in total. The molecule has 0 aromatic carbocycles. The zero-order valence-corrected chi connectivity index (χ0v) is 14.5. The average Bonchev–Trinajstić information content (AvgIpc) is 2.55. The zero-order chi connectivity index (χ0) is 17.2. The van der Waals surface area contributed by atoms with Crippen molar-refractivity contribution in [2.75, 3.05) is 37.0 Å². The minimum atomic E-state index is -1.38. The second-order valence-electron chi connectivity index (χ2n) is 5.07. The molecule has 1 fully saturated rings. The van der Waals surface area contributed by atoms with E-state index in [2.05, 4.69) is 4.99 Å². The molecular weight excluding hydrogens is 344 g/mol. The average molecular weight is 370 g/mol. The van der Waals surface area contributed by atoms with Crippen LogP contribution in [-0.2, 0) is 4.74 Å². The van der Waals surface area contributed by atoms with E-state index in [1.807, 2.05) is 0 Å². The summed E-state index contributed by atoms with van der Waals surface area (Å²) in [6, 6.07) is 0. The summed E-state index contributed by atoms with van der Waals surface area (Å²) in [6.45, 7) is 0.307. The molecule has 0 aromatic heterocycles. The van der Waals surface area contributed by atoms with Crippen LogP contribution < -0.4 is 5.73 Å². The summed E-state index contributed by atoms with van der Waals surface area (Å²) in [5.41, 5.74) is 4.99. The van der Waals surface area contributed by atoms with E-state index in [0.29, 0.717) is 18.1 Å². The van der Waals surface area contributed by atoms with Crippen LogP contribution in [0.5, 0.6) is 0 Å². The Labute approximate surface area is 144 Å². The van der Waals surface area contributed by atoms with E-state index >= 15 is 0 Å². The highest BCUT2D eigenvalue weighted by molar-refractivity contribution is 8.00. The lowest BCUT2D eigenvalue weighted by atomic mass is 10.0. The van der Waals surface area contributed by atoms with Gasteiger partial charge in [0.1, 0.15) is 35.7 Å². The number of hydrogen-bond acceptors (Lipinski definition) is 9. The van der Waals surface area contributed by atoms with Gasteiger partial charge in [0, 0.05) is 18.9 Å². The molecule has 0 aliphatic carbocycles. The van der Waals surface area contributed by atoms with Crippen molar-refractivity contribution in [1.29, 1.82) is 0 Å². The van der Waals surface area contributed by atoms with E-state index in [-0.39, 0.29) is 6.61 Å². The van der Waals surface area contributed by atoms with Crippen LogP contribution in [-0.4, -0.2) is 98.2 Å². The summed E-state index contributed by atoms with van der Waals surface area (Å²) < 4.78 is 5.37. The van der Waals surface area contributed by atoms with Gasteiger partial charge in [-0.3, -0.25) is 4.99 Å². The molecule has 7 N–H and O–H groups in total. The molecule has 0 saturated carbocycles. The molecule has 0 amide bonds. The van der Waals surface area contributed by atoms with E-state index in [4.69, 9.17) is 20.7 Å². The van der Waals surface area contributed by atoms with Crippen LogP contribution in [0.3, 0.4) is 0 Å². The second-order valence-corrected chi connectivity index (χ2v) is 7.38. The predicted octanol–water partition coefficient (Wildman–Crippen LogP) is -2.01. The fourth-order valence-corrected chi connectivity index (χ4v) is 3.70. The molecule has 1 aliphatic rings. The molecule has 0 aromatic rings. The molecule has 1 saturated heterocycles. The zero-order valence-electron chi connectivity index (χ0n) is 12.8. The van der Waals surface area contributed by atoms with E-state index in [0.717, 1.165) is 29.7 Å². The van der Waals surface area contributed by atoms with Crippen molar-refractivity contribution in [3.05, 3.63) is 0 Å². The lowest BCUT2D eigenvalue weighted by molar-refractivity contribution is -0.205. The third kappa shape index (κ3) is 7.14. The maximum atomic E-state index is 9.89. The Balaban J connectivity index is 2.32. The third-order valence-electron chi connectivity index (χ3n) is 3.24. The normalized spacial score (nSPS) is 32.2. The topological polar surface area (TPSA) is 149 Å². The van der Waals surface area contributed by atoms with Crippen LogP contribution in [0.25, 0.3) is 0 Å². The molecule has 0 radical (unpaired) electrons. The number of aliphatic hydroxyl groups excluding tert-OH is 5. The van der Waals surface area contributed by atoms with Crippen molar-refractivity contribution in [3.63, 3.8) is 0 Å². The van der Waals surface area contributed by atoms with Gasteiger partial charge in [-0.1, -0.05) is 0 Å². The van der Waals surface area contributed by atoms with Crippen molar-refractivity contribution in [3.8, 4) is 0 Å². The van der Waals surface area contributed by atoms with Crippen LogP contribution in [0, 0.1) is 0 Å². The van der Waals surface area contributed by atoms with Crippen molar-refractivity contribution in [2.24, 2.45) is 10.7 Å². The van der Waals surface area contributed by atoms with Gasteiger partial charge in [0.25, 0.3) is 0 Å². The minimum absolute atomic E-state index is 0.189. The Hall–Kier alpha value is -0.0700. The first kappa shape index (κ1) is 21.0. The molecule has 1 rings (SSSR count). The van der Waals surface area contributed by atoms with Crippen LogP contribution in [0.1, 0.15) is 6.42 Å². The number of aliphatic imine (C=N–C) groups is 1. The molecule has 1 aliphatic heterocycles. The summed E-state index contributed by atoms with van der Waals surface area (Å²) in [4.78, 5) is 4.20. The first-order valence-electron chi connectivity index (χ1n) is 7.40. The molecule has 0 unspecified atom stereocenters. The quantitative estimate of drug-likeness (QED) is 0.146. The number of thioether (sulfide) groups is 2. The van der Waals surface area contributed by atoms with Gasteiger partial charge in [-0.05, 0) is 12.2 Å². The van der Waals surface area contributed by atoms with Crippen molar-refractivity contribution in [2.45, 2.75) is 36.3 Å². The smallest absolute Gasteiger partial charge is 0.132 e.